The third-order valence-electron chi connectivity index (χ3n) is 3.04. The Bertz CT molecular complexity index is 821. The molecule has 0 unspecified atom stereocenters. The highest BCUT2D eigenvalue weighted by molar-refractivity contribution is 7.11. The van der Waals surface area contributed by atoms with Crippen LogP contribution in [0.2, 0.25) is 0 Å². The van der Waals surface area contributed by atoms with Crippen molar-refractivity contribution >= 4 is 28.2 Å². The quantitative estimate of drug-likeness (QED) is 0.776. The molecular weight excluding hydrogens is 272 g/mol. The number of hydrogen-bond acceptors (Lipinski definition) is 5. The van der Waals surface area contributed by atoms with Gasteiger partial charge in [-0.15, -0.1) is 11.3 Å². The fourth-order valence-electron chi connectivity index (χ4n) is 2.07. The maximum absolute atomic E-state index is 11.9. The van der Waals surface area contributed by atoms with E-state index >= 15 is 0 Å². The van der Waals surface area contributed by atoms with E-state index in [1.807, 2.05) is 32.0 Å². The molecule has 6 heteroatoms. The minimum absolute atomic E-state index is 0.135. The number of para-hydroxylation sites is 1. The summed E-state index contributed by atoms with van der Waals surface area (Å²) in [6.45, 7) is 4.58. The fourth-order valence-corrected chi connectivity index (χ4v) is 2.91. The van der Waals surface area contributed by atoms with Crippen LogP contribution < -0.4 is 10.9 Å². The van der Waals surface area contributed by atoms with Gasteiger partial charge in [0.15, 0.2) is 0 Å². The normalized spacial score (nSPS) is 10.9. The Morgan fingerprint density at radius 2 is 2.05 bits per heavy atom. The maximum atomic E-state index is 11.9. The van der Waals surface area contributed by atoms with Gasteiger partial charge in [-0.25, -0.2) is 9.97 Å². The molecule has 1 aromatic carbocycles. The lowest BCUT2D eigenvalue weighted by Gasteiger charge is -2.05. The fraction of sp³-hybridized carbons (Fsp3) is 0.214. The minimum atomic E-state index is -0.135. The number of nitrogens with one attached hydrogen (secondary N) is 2. The van der Waals surface area contributed by atoms with Crippen molar-refractivity contribution in [3.8, 4) is 0 Å². The molecule has 3 aromatic rings. The van der Waals surface area contributed by atoms with E-state index in [4.69, 9.17) is 0 Å². The highest BCUT2D eigenvalue weighted by Gasteiger charge is 2.06. The van der Waals surface area contributed by atoms with Crippen molar-refractivity contribution in [3.63, 3.8) is 0 Å². The van der Waals surface area contributed by atoms with Gasteiger partial charge in [-0.05, 0) is 26.0 Å². The number of H-pyrrole nitrogens is 1. The second kappa shape index (κ2) is 5.05. The Balaban J connectivity index is 1.88. The number of aromatic amines is 1. The van der Waals surface area contributed by atoms with Gasteiger partial charge in [0.1, 0.15) is 0 Å². The molecule has 0 fully saturated rings. The molecule has 2 heterocycles. The zero-order chi connectivity index (χ0) is 14.1. The average Bonchev–Trinajstić information content (AvgIpc) is 2.75. The average molecular weight is 286 g/mol. The van der Waals surface area contributed by atoms with Crippen LogP contribution in [-0.4, -0.2) is 15.0 Å². The SMILES string of the molecule is Cc1nc(CNc2nc3ccccc3c(=O)[nH]2)c(C)s1. The number of aryl methyl sites for hydroxylation is 2. The van der Waals surface area contributed by atoms with Crippen LogP contribution in [0.15, 0.2) is 29.1 Å². The third kappa shape index (κ3) is 2.42. The molecule has 0 saturated heterocycles. The van der Waals surface area contributed by atoms with Crippen molar-refractivity contribution in [2.45, 2.75) is 20.4 Å². The molecular formula is C14H14N4OS. The smallest absolute Gasteiger partial charge is 0.260 e. The Morgan fingerprint density at radius 1 is 1.25 bits per heavy atom. The molecule has 0 aliphatic rings. The van der Waals surface area contributed by atoms with E-state index in [2.05, 4.69) is 20.3 Å². The summed E-state index contributed by atoms with van der Waals surface area (Å²) in [7, 11) is 0. The first-order valence-corrected chi connectivity index (χ1v) is 7.11. The number of fused-ring (bicyclic) bond motifs is 1. The highest BCUT2D eigenvalue weighted by Crippen LogP contribution is 2.17. The zero-order valence-electron chi connectivity index (χ0n) is 11.2. The summed E-state index contributed by atoms with van der Waals surface area (Å²) in [5.74, 6) is 0.471. The second-order valence-corrected chi connectivity index (χ2v) is 5.93. The Labute approximate surface area is 119 Å². The van der Waals surface area contributed by atoms with Crippen LogP contribution in [0.25, 0.3) is 10.9 Å². The van der Waals surface area contributed by atoms with Gasteiger partial charge in [0.2, 0.25) is 5.95 Å². The van der Waals surface area contributed by atoms with Gasteiger partial charge in [-0.3, -0.25) is 9.78 Å². The number of nitrogens with zero attached hydrogens (tertiary/aromatic N) is 2. The second-order valence-electron chi connectivity index (χ2n) is 4.52. The highest BCUT2D eigenvalue weighted by atomic mass is 32.1. The molecule has 0 aliphatic heterocycles. The molecule has 0 atom stereocenters. The van der Waals surface area contributed by atoms with E-state index in [1.165, 1.54) is 4.88 Å². The summed E-state index contributed by atoms with van der Waals surface area (Å²) in [5, 5.41) is 4.76. The van der Waals surface area contributed by atoms with Gasteiger partial charge in [0, 0.05) is 4.88 Å². The lowest BCUT2D eigenvalue weighted by molar-refractivity contribution is 0.999. The molecule has 0 aliphatic carbocycles. The largest absolute Gasteiger partial charge is 0.350 e. The van der Waals surface area contributed by atoms with Crippen molar-refractivity contribution in [1.29, 1.82) is 0 Å². The maximum Gasteiger partial charge on any atom is 0.260 e. The topological polar surface area (TPSA) is 70.7 Å². The van der Waals surface area contributed by atoms with E-state index in [9.17, 15) is 4.79 Å². The van der Waals surface area contributed by atoms with Crippen LogP contribution in [-0.2, 0) is 6.54 Å². The van der Waals surface area contributed by atoms with Crippen molar-refractivity contribution in [2.75, 3.05) is 5.32 Å². The van der Waals surface area contributed by atoms with E-state index in [-0.39, 0.29) is 5.56 Å². The Morgan fingerprint density at radius 3 is 2.80 bits per heavy atom. The first-order valence-electron chi connectivity index (χ1n) is 6.29. The molecule has 5 nitrogen and oxygen atoms in total. The number of benzene rings is 1. The summed E-state index contributed by atoms with van der Waals surface area (Å²) in [5.41, 5.74) is 1.54. The first-order chi connectivity index (χ1) is 9.63. The number of anilines is 1. The van der Waals surface area contributed by atoms with Crippen molar-refractivity contribution in [2.24, 2.45) is 0 Å². The van der Waals surface area contributed by atoms with Gasteiger partial charge in [-0.1, -0.05) is 12.1 Å². The lowest BCUT2D eigenvalue weighted by atomic mass is 10.2. The van der Waals surface area contributed by atoms with Crippen LogP contribution in [0.5, 0.6) is 0 Å². The molecule has 3 rings (SSSR count). The van der Waals surface area contributed by atoms with Gasteiger partial charge in [-0.2, -0.15) is 0 Å². The van der Waals surface area contributed by atoms with E-state index in [0.29, 0.717) is 23.4 Å². The van der Waals surface area contributed by atoms with Gasteiger partial charge >= 0.3 is 0 Å². The summed E-state index contributed by atoms with van der Waals surface area (Å²) in [6.07, 6.45) is 0. The molecule has 20 heavy (non-hydrogen) atoms. The molecule has 2 aromatic heterocycles. The number of rotatable bonds is 3. The molecule has 0 amide bonds. The molecule has 102 valence electrons. The lowest BCUT2D eigenvalue weighted by Crippen LogP contribution is -2.13. The van der Waals surface area contributed by atoms with Crippen LogP contribution in [0.1, 0.15) is 15.6 Å². The Kier molecular flexibility index (Phi) is 3.23. The Hall–Kier alpha value is -2.21. The number of aromatic nitrogens is 3. The van der Waals surface area contributed by atoms with Crippen LogP contribution in [0.4, 0.5) is 5.95 Å². The van der Waals surface area contributed by atoms with Crippen molar-refractivity contribution in [1.82, 2.24) is 15.0 Å². The molecule has 0 spiro atoms. The molecule has 2 N–H and O–H groups in total. The van der Waals surface area contributed by atoms with Gasteiger partial charge in [0.05, 0.1) is 28.1 Å². The summed E-state index contributed by atoms with van der Waals surface area (Å²) >= 11 is 1.67. The van der Waals surface area contributed by atoms with E-state index in [1.54, 1.807) is 17.4 Å². The van der Waals surface area contributed by atoms with Crippen molar-refractivity contribution in [3.05, 3.63) is 50.2 Å². The number of hydrogen-bond donors (Lipinski definition) is 2. The monoisotopic (exact) mass is 286 g/mol. The van der Waals surface area contributed by atoms with Gasteiger partial charge in [0.25, 0.3) is 5.56 Å². The van der Waals surface area contributed by atoms with Crippen LogP contribution in [0.3, 0.4) is 0 Å². The van der Waals surface area contributed by atoms with Crippen molar-refractivity contribution < 1.29 is 0 Å². The standard InChI is InChI=1S/C14H14N4OS/c1-8-12(16-9(2)20-8)7-15-14-17-11-6-4-3-5-10(11)13(19)18-14/h3-6H,7H2,1-2H3,(H2,15,17,18,19). The van der Waals surface area contributed by atoms with Gasteiger partial charge < -0.3 is 5.32 Å². The molecule has 0 radical (unpaired) electrons. The minimum Gasteiger partial charge on any atom is -0.350 e. The number of thiazole rings is 1. The van der Waals surface area contributed by atoms with E-state index < -0.39 is 0 Å². The summed E-state index contributed by atoms with van der Waals surface area (Å²) in [6, 6.07) is 7.28. The van der Waals surface area contributed by atoms with Crippen LogP contribution >= 0.6 is 11.3 Å². The summed E-state index contributed by atoms with van der Waals surface area (Å²) in [4.78, 5) is 24.7. The molecule has 0 bridgehead atoms. The predicted molar refractivity (Wildman–Crippen MR) is 81.3 cm³/mol. The summed E-state index contributed by atoms with van der Waals surface area (Å²) < 4.78 is 0. The third-order valence-corrected chi connectivity index (χ3v) is 3.96. The predicted octanol–water partition coefficient (Wildman–Crippen LogP) is 2.61. The van der Waals surface area contributed by atoms with Crippen LogP contribution in [0, 0.1) is 13.8 Å². The first kappa shape index (κ1) is 12.8. The van der Waals surface area contributed by atoms with E-state index in [0.717, 1.165) is 10.7 Å². The molecule has 0 saturated carbocycles. The zero-order valence-corrected chi connectivity index (χ0v) is 12.0.